The molecule has 6 rings (SSSR count). The van der Waals surface area contributed by atoms with E-state index in [0.29, 0.717) is 0 Å². The van der Waals surface area contributed by atoms with Gasteiger partial charge in [0.15, 0.2) is 5.75 Å². The molecule has 6 aromatic carbocycles. The predicted octanol–water partition coefficient (Wildman–Crippen LogP) is 7.16. The van der Waals surface area contributed by atoms with Crippen molar-refractivity contribution in [1.29, 1.82) is 0 Å². The summed E-state index contributed by atoms with van der Waals surface area (Å²) < 4.78 is 141. The van der Waals surface area contributed by atoms with Gasteiger partial charge >= 0.3 is 0 Å². The molecule has 22 nitrogen and oxygen atoms in total. The second kappa shape index (κ2) is 17.0. The van der Waals surface area contributed by atoms with Crippen molar-refractivity contribution in [1.82, 2.24) is 0 Å². The molecule has 0 radical (unpaired) electrons. The fraction of sp³-hybridized carbons (Fsp3) is 0.0270. The van der Waals surface area contributed by atoms with Crippen LogP contribution in [0.15, 0.2) is 131 Å². The topological polar surface area (TPSA) is 381 Å². The third-order valence-electron chi connectivity index (χ3n) is 8.75. The number of aromatic hydroxyl groups is 2. The summed E-state index contributed by atoms with van der Waals surface area (Å²) in [5.74, 6) is -1.50. The summed E-state index contributed by atoms with van der Waals surface area (Å²) in [7, 11) is -18.2. The second-order valence-corrected chi connectivity index (χ2v) is 18.6. The normalized spacial score (nSPS) is 12.8. The van der Waals surface area contributed by atoms with Gasteiger partial charge in [-0.2, -0.15) is 38.8 Å². The van der Waals surface area contributed by atoms with Gasteiger partial charge in [-0.25, -0.2) is 0 Å². The zero-order chi connectivity index (χ0) is 46.2. The van der Waals surface area contributed by atoms with E-state index < -0.39 is 77.2 Å². The van der Waals surface area contributed by atoms with E-state index in [1.807, 2.05) is 0 Å². The van der Waals surface area contributed by atoms with Gasteiger partial charge in [-0.05, 0) is 83.2 Å². The van der Waals surface area contributed by atoms with Gasteiger partial charge in [-0.3, -0.25) is 18.2 Å². The monoisotopic (exact) mass is 941 g/mol. The summed E-state index contributed by atoms with van der Waals surface area (Å²) in [6.45, 7) is 0. The minimum Gasteiger partial charge on any atom is -0.506 e. The number of anilines is 4. The lowest BCUT2D eigenvalue weighted by Gasteiger charge is -2.12. The molecule has 0 unspecified atom stereocenters. The lowest BCUT2D eigenvalue weighted by Crippen LogP contribution is -2.04. The molecule has 0 heterocycles. The van der Waals surface area contributed by atoms with E-state index in [1.54, 1.807) is 0 Å². The van der Waals surface area contributed by atoms with Gasteiger partial charge in [0, 0.05) is 34.6 Å². The molecule has 0 atom stereocenters. The number of benzene rings is 6. The minimum atomic E-state index is -5.10. The summed E-state index contributed by atoms with van der Waals surface area (Å²) in [6.07, 6.45) is 2.32. The largest absolute Gasteiger partial charge is 0.506 e. The molecule has 328 valence electrons. The molecular weight excluding hydrogens is 911 g/mol. The average molecular weight is 942 g/mol. The smallest absolute Gasteiger partial charge is 0.296 e. The molecule has 0 aliphatic rings. The Morgan fingerprint density at radius 1 is 0.571 bits per heavy atom. The Labute approximate surface area is 357 Å². The van der Waals surface area contributed by atoms with E-state index in [-0.39, 0.29) is 67.5 Å². The fourth-order valence-electron chi connectivity index (χ4n) is 5.85. The second-order valence-electron chi connectivity index (χ2n) is 13.1. The molecular formula is C37H31N7O15S4. The van der Waals surface area contributed by atoms with Gasteiger partial charge in [-0.1, -0.05) is 24.3 Å². The summed E-state index contributed by atoms with van der Waals surface area (Å²) in [6, 6.07) is 17.9. The van der Waals surface area contributed by atoms with Crippen LogP contribution in [0.25, 0.3) is 22.9 Å². The Kier molecular flexibility index (Phi) is 12.3. The molecule has 0 aliphatic carbocycles. The molecule has 0 saturated carbocycles. The molecule has 0 fully saturated rings. The van der Waals surface area contributed by atoms with Gasteiger partial charge in [0.05, 0.1) is 18.5 Å². The SMILES string of the molecule is COc1cc(N=Nc2c(S(=O)(=O)O)cc3cc(Nc4ccc(N)c(S(=O)(=O)O)c4)ccc3c2O)c(O)cc1N=Nc1ccc(/C=C\c2ccc(N)cc2S(=O)(=O)O)c(S(=O)(=O)O)c1. The number of azo groups is 2. The van der Waals surface area contributed by atoms with Gasteiger partial charge in [0.25, 0.3) is 40.5 Å². The van der Waals surface area contributed by atoms with Crippen molar-refractivity contribution in [2.45, 2.75) is 19.6 Å². The highest BCUT2D eigenvalue weighted by molar-refractivity contribution is 7.86. The van der Waals surface area contributed by atoms with E-state index in [9.17, 15) is 62.1 Å². The highest BCUT2D eigenvalue weighted by atomic mass is 32.2. The number of nitrogen functional groups attached to an aromatic ring is 2. The molecule has 0 aromatic heterocycles. The summed E-state index contributed by atoms with van der Waals surface area (Å²) in [4.78, 5) is -2.69. The molecule has 0 bridgehead atoms. The van der Waals surface area contributed by atoms with Crippen molar-refractivity contribution in [2.75, 3.05) is 23.9 Å². The predicted molar refractivity (Wildman–Crippen MR) is 228 cm³/mol. The number of hydrogen-bond acceptors (Lipinski definition) is 18. The van der Waals surface area contributed by atoms with Crippen molar-refractivity contribution >= 4 is 109 Å². The molecule has 26 heteroatoms. The lowest BCUT2D eigenvalue weighted by molar-refractivity contribution is 0.413. The summed E-state index contributed by atoms with van der Waals surface area (Å²) in [5, 5.41) is 40.5. The summed E-state index contributed by atoms with van der Waals surface area (Å²) >= 11 is 0. The van der Waals surface area contributed by atoms with Crippen LogP contribution in [-0.4, -0.2) is 69.2 Å². The summed E-state index contributed by atoms with van der Waals surface area (Å²) in [5.41, 5.74) is 9.92. The Morgan fingerprint density at radius 2 is 1.14 bits per heavy atom. The maximum absolute atomic E-state index is 12.5. The first-order chi connectivity index (χ1) is 29.3. The van der Waals surface area contributed by atoms with Crippen molar-refractivity contribution in [2.24, 2.45) is 20.5 Å². The Morgan fingerprint density at radius 3 is 1.76 bits per heavy atom. The van der Waals surface area contributed by atoms with Crippen molar-refractivity contribution in [3.63, 3.8) is 0 Å². The third-order valence-corrected chi connectivity index (χ3v) is 12.3. The number of fused-ring (bicyclic) bond motifs is 1. The lowest BCUT2D eigenvalue weighted by atomic mass is 10.1. The Balaban J connectivity index is 1.30. The highest BCUT2D eigenvalue weighted by Gasteiger charge is 2.24. The van der Waals surface area contributed by atoms with Crippen LogP contribution in [0.4, 0.5) is 45.5 Å². The van der Waals surface area contributed by atoms with Crippen LogP contribution < -0.4 is 21.5 Å². The van der Waals surface area contributed by atoms with E-state index >= 15 is 0 Å². The number of rotatable bonds is 13. The van der Waals surface area contributed by atoms with Gasteiger partial charge in [0.1, 0.15) is 48.1 Å². The van der Waals surface area contributed by atoms with E-state index in [2.05, 4.69) is 25.8 Å². The first kappa shape index (κ1) is 45.5. The average Bonchev–Trinajstić information content (AvgIpc) is 3.19. The number of phenols is 2. The number of phenolic OH excluding ortho intramolecular Hbond substituents is 2. The molecule has 11 N–H and O–H groups in total. The quantitative estimate of drug-likeness (QED) is 0.0240. The third kappa shape index (κ3) is 10.4. The molecule has 0 spiro atoms. The van der Waals surface area contributed by atoms with Gasteiger partial charge < -0.3 is 31.7 Å². The maximum Gasteiger partial charge on any atom is 0.296 e. The van der Waals surface area contributed by atoms with Crippen LogP contribution in [-0.2, 0) is 40.5 Å². The standard InChI is InChI=1S/C37H31N7O15S4/c1-59-31-18-28(30(45)17-29(31)43-41-25-7-5-20(33(16-25)61(50,51)52)3-2-19-4-6-22(38)14-32(19)60(47,48)49)42-44-36-35(63(56,57)58)13-21-12-23(8-10-26(21)37(36)46)40-24-9-11-27(39)34(15-24)62(53,54)55/h2-18,40,45-46H,38-39H2,1H3,(H,47,48,49)(H,50,51,52)(H,53,54,55)(H,56,57,58)/b3-2-,43-41?,44-42?. The van der Waals surface area contributed by atoms with Crippen molar-refractivity contribution < 1.29 is 66.8 Å². The molecule has 63 heavy (non-hydrogen) atoms. The van der Waals surface area contributed by atoms with Crippen LogP contribution in [0.1, 0.15) is 11.1 Å². The number of nitrogens with zero attached hydrogens (tertiary/aromatic N) is 4. The number of nitrogens with one attached hydrogen (secondary N) is 1. The van der Waals surface area contributed by atoms with Crippen LogP contribution in [0.2, 0.25) is 0 Å². The van der Waals surface area contributed by atoms with Crippen LogP contribution in [0.3, 0.4) is 0 Å². The minimum absolute atomic E-state index is 0.0182. The number of hydrogen-bond donors (Lipinski definition) is 9. The zero-order valence-electron chi connectivity index (χ0n) is 31.7. The van der Waals surface area contributed by atoms with Crippen LogP contribution in [0, 0.1) is 0 Å². The fourth-order valence-corrected chi connectivity index (χ4v) is 8.57. The van der Waals surface area contributed by atoms with Crippen molar-refractivity contribution in [3.05, 3.63) is 102 Å². The molecule has 0 aliphatic heterocycles. The van der Waals surface area contributed by atoms with Crippen LogP contribution in [0.5, 0.6) is 17.2 Å². The van der Waals surface area contributed by atoms with Gasteiger partial charge in [0.2, 0.25) is 0 Å². The highest BCUT2D eigenvalue weighted by Crippen LogP contribution is 2.45. The number of nitrogens with two attached hydrogens (primary N) is 2. The molecule has 6 aromatic rings. The number of ether oxygens (including phenoxy) is 1. The van der Waals surface area contributed by atoms with E-state index in [1.165, 1.54) is 67.8 Å². The maximum atomic E-state index is 12.5. The van der Waals surface area contributed by atoms with E-state index in [0.717, 1.165) is 42.5 Å². The van der Waals surface area contributed by atoms with Gasteiger partial charge in [-0.15, -0.1) is 15.3 Å². The number of methoxy groups -OCH3 is 1. The Bertz CT molecular complexity index is 3420. The Hall–Kier alpha value is -7.04. The molecule has 0 amide bonds. The zero-order valence-corrected chi connectivity index (χ0v) is 35.0. The van der Waals surface area contributed by atoms with E-state index in [4.69, 9.17) is 16.2 Å². The van der Waals surface area contributed by atoms with Crippen molar-refractivity contribution in [3.8, 4) is 17.2 Å². The first-order valence-corrected chi connectivity index (χ1v) is 22.9. The first-order valence-electron chi connectivity index (χ1n) is 17.2. The van der Waals surface area contributed by atoms with Crippen LogP contribution >= 0.6 is 0 Å². The molecule has 0 saturated heterocycles.